The van der Waals surface area contributed by atoms with Crippen LogP contribution in [0.2, 0.25) is 0 Å². The Kier molecular flexibility index (Phi) is 4.46. The minimum Gasteiger partial charge on any atom is -0.334 e. The van der Waals surface area contributed by atoms with Crippen LogP contribution in [0.4, 0.5) is 18.9 Å². The molecule has 3 aromatic rings. The molecule has 0 spiro atoms. The van der Waals surface area contributed by atoms with Gasteiger partial charge in [-0.1, -0.05) is 18.2 Å². The van der Waals surface area contributed by atoms with E-state index in [0.29, 0.717) is 4.91 Å². The molecule has 0 saturated carbocycles. The zero-order chi connectivity index (χ0) is 19.9. The first-order chi connectivity index (χ1) is 13.3. The molecule has 9 heteroatoms. The Hall–Kier alpha value is -3.07. The zero-order valence-corrected chi connectivity index (χ0v) is 15.3. The van der Waals surface area contributed by atoms with Crippen LogP contribution in [-0.4, -0.2) is 20.6 Å². The topological polar surface area (TPSA) is 59.3 Å². The van der Waals surface area contributed by atoms with E-state index < -0.39 is 17.6 Å². The Morgan fingerprint density at radius 3 is 2.75 bits per heavy atom. The third kappa shape index (κ3) is 3.53. The predicted molar refractivity (Wildman–Crippen MR) is 104 cm³/mol. The Bertz CT molecular complexity index is 1150. The number of benzene rings is 2. The molecular weight excluding hydrogens is 389 g/mol. The molecule has 0 atom stereocenters. The van der Waals surface area contributed by atoms with E-state index in [2.05, 4.69) is 15.3 Å². The van der Waals surface area contributed by atoms with E-state index >= 15 is 0 Å². The average molecular weight is 402 g/mol. The minimum absolute atomic E-state index is 0.106. The zero-order valence-electron chi connectivity index (χ0n) is 14.5. The van der Waals surface area contributed by atoms with Crippen molar-refractivity contribution in [1.82, 2.24) is 9.55 Å². The molecule has 0 bridgehead atoms. The van der Waals surface area contributed by atoms with E-state index in [0.717, 1.165) is 34.4 Å². The highest BCUT2D eigenvalue weighted by atomic mass is 32.2. The summed E-state index contributed by atoms with van der Waals surface area (Å²) in [5.41, 5.74) is 1.55. The molecule has 2 aromatic carbocycles. The average Bonchev–Trinajstić information content (AvgIpc) is 3.17. The van der Waals surface area contributed by atoms with Gasteiger partial charge in [0.1, 0.15) is 0 Å². The monoisotopic (exact) mass is 402 g/mol. The van der Waals surface area contributed by atoms with Crippen molar-refractivity contribution in [3.63, 3.8) is 0 Å². The number of imidazole rings is 1. The van der Waals surface area contributed by atoms with Gasteiger partial charge in [0.25, 0.3) is 5.91 Å². The van der Waals surface area contributed by atoms with Crippen LogP contribution < -0.4 is 5.32 Å². The highest BCUT2D eigenvalue weighted by molar-refractivity contribution is 8.18. The van der Waals surface area contributed by atoms with Crippen LogP contribution in [0.5, 0.6) is 0 Å². The number of carbonyl (C=O) groups is 1. The normalized spacial score (nSPS) is 16.1. The number of carbonyl (C=O) groups excluding carboxylic acids is 1. The number of aromatic nitrogens is 2. The first-order valence-corrected chi connectivity index (χ1v) is 9.00. The van der Waals surface area contributed by atoms with Crippen LogP contribution in [-0.2, 0) is 18.0 Å². The second-order valence-electron chi connectivity index (χ2n) is 6.10. The lowest BCUT2D eigenvalue weighted by Crippen LogP contribution is -2.13. The predicted octanol–water partition coefficient (Wildman–Crippen LogP) is 4.67. The number of amidine groups is 1. The quantitative estimate of drug-likeness (QED) is 0.633. The molecule has 142 valence electrons. The van der Waals surface area contributed by atoms with E-state index in [1.807, 2.05) is 29.8 Å². The van der Waals surface area contributed by atoms with Gasteiger partial charge in [-0.05, 0) is 47.7 Å². The van der Waals surface area contributed by atoms with Gasteiger partial charge in [-0.15, -0.1) is 0 Å². The van der Waals surface area contributed by atoms with Gasteiger partial charge < -0.3 is 9.88 Å². The number of nitrogens with zero attached hydrogens (tertiary/aromatic N) is 3. The Morgan fingerprint density at radius 1 is 1.18 bits per heavy atom. The van der Waals surface area contributed by atoms with Gasteiger partial charge in [0.15, 0.2) is 5.17 Å². The van der Waals surface area contributed by atoms with Gasteiger partial charge in [0, 0.05) is 7.05 Å². The summed E-state index contributed by atoms with van der Waals surface area (Å²) in [6.07, 6.45) is -1.15. The van der Waals surface area contributed by atoms with E-state index in [1.54, 1.807) is 12.4 Å². The Labute approximate surface area is 162 Å². The summed E-state index contributed by atoms with van der Waals surface area (Å²) < 4.78 is 41.2. The number of aryl methyl sites for hydroxylation is 1. The number of rotatable bonds is 2. The number of hydrogen-bond donors (Lipinski definition) is 1. The van der Waals surface area contributed by atoms with Gasteiger partial charge >= 0.3 is 6.18 Å². The molecule has 0 aliphatic carbocycles. The van der Waals surface area contributed by atoms with Crippen molar-refractivity contribution in [2.75, 3.05) is 5.32 Å². The van der Waals surface area contributed by atoms with Crippen LogP contribution in [0.3, 0.4) is 0 Å². The van der Waals surface area contributed by atoms with E-state index in [1.165, 1.54) is 18.2 Å². The van der Waals surface area contributed by atoms with Gasteiger partial charge in [-0.25, -0.2) is 4.98 Å². The summed E-state index contributed by atoms with van der Waals surface area (Å²) in [6.45, 7) is 0. The van der Waals surface area contributed by atoms with Gasteiger partial charge in [0.05, 0.1) is 33.5 Å². The third-order valence-electron chi connectivity index (χ3n) is 4.14. The number of hydrogen-bond acceptors (Lipinski definition) is 4. The summed E-state index contributed by atoms with van der Waals surface area (Å²) >= 11 is 1.00. The molecule has 4 rings (SSSR count). The number of nitrogens with one attached hydrogen (secondary N) is 1. The maximum atomic E-state index is 13.1. The molecule has 0 saturated heterocycles. The Balaban J connectivity index is 1.57. The van der Waals surface area contributed by atoms with Crippen molar-refractivity contribution in [2.24, 2.45) is 12.0 Å². The number of amides is 1. The first-order valence-electron chi connectivity index (χ1n) is 8.18. The van der Waals surface area contributed by atoms with Crippen molar-refractivity contribution in [3.05, 3.63) is 64.8 Å². The third-order valence-corrected chi connectivity index (χ3v) is 5.04. The summed E-state index contributed by atoms with van der Waals surface area (Å²) in [5.74, 6) is -0.498. The van der Waals surface area contributed by atoms with Crippen molar-refractivity contribution >= 4 is 45.6 Å². The van der Waals surface area contributed by atoms with Crippen molar-refractivity contribution < 1.29 is 18.0 Å². The smallest absolute Gasteiger partial charge is 0.334 e. The molecule has 1 aliphatic rings. The standard InChI is InChI=1S/C19H13F3N4OS/c1-26-10-23-14-7-6-11(8-15(14)26)9-16-17(27)25-18(28-16)24-13-5-3-2-4-12(13)19(20,21)22/h2-10H,1H3,(H,24,25,27). The van der Waals surface area contributed by atoms with Crippen molar-refractivity contribution in [3.8, 4) is 0 Å². The summed E-state index contributed by atoms with van der Waals surface area (Å²) in [4.78, 5) is 20.6. The fourth-order valence-electron chi connectivity index (χ4n) is 2.80. The molecule has 1 aliphatic heterocycles. The lowest BCUT2D eigenvalue weighted by molar-refractivity contribution is -0.136. The van der Waals surface area contributed by atoms with Gasteiger partial charge in [-0.2, -0.15) is 18.2 Å². The largest absolute Gasteiger partial charge is 0.418 e. The lowest BCUT2D eigenvalue weighted by atomic mass is 10.2. The van der Waals surface area contributed by atoms with Crippen LogP contribution in [0, 0.1) is 0 Å². The number of alkyl halides is 3. The highest BCUT2D eigenvalue weighted by Crippen LogP contribution is 2.36. The second kappa shape index (κ2) is 6.83. The maximum absolute atomic E-state index is 13.1. The van der Waals surface area contributed by atoms with Crippen LogP contribution in [0.1, 0.15) is 11.1 Å². The molecule has 1 aromatic heterocycles. The van der Waals surface area contributed by atoms with E-state index in [4.69, 9.17) is 0 Å². The van der Waals surface area contributed by atoms with Gasteiger partial charge in [-0.3, -0.25) is 4.79 Å². The number of fused-ring (bicyclic) bond motifs is 1. The van der Waals surface area contributed by atoms with Gasteiger partial charge in [0.2, 0.25) is 0 Å². The fourth-order valence-corrected chi connectivity index (χ4v) is 3.63. The minimum atomic E-state index is -4.51. The number of aliphatic imine (C=N–C) groups is 1. The maximum Gasteiger partial charge on any atom is 0.418 e. The molecule has 0 radical (unpaired) electrons. The lowest BCUT2D eigenvalue weighted by Gasteiger charge is -2.13. The molecule has 1 amide bonds. The SMILES string of the molecule is Cn1cnc2ccc(C=C3SC(Nc4ccccc4C(F)(F)F)=NC3=O)cc21. The molecule has 0 unspecified atom stereocenters. The second-order valence-corrected chi connectivity index (χ2v) is 7.14. The van der Waals surface area contributed by atoms with Crippen LogP contribution >= 0.6 is 11.8 Å². The van der Waals surface area contributed by atoms with Crippen LogP contribution in [0.15, 0.2) is 58.7 Å². The number of anilines is 1. The summed E-state index contributed by atoms with van der Waals surface area (Å²) in [6, 6.07) is 10.6. The first kappa shape index (κ1) is 18.3. The highest BCUT2D eigenvalue weighted by Gasteiger charge is 2.34. The molecular formula is C19H13F3N4OS. The molecule has 1 N–H and O–H groups in total. The molecule has 5 nitrogen and oxygen atoms in total. The fraction of sp³-hybridized carbons (Fsp3) is 0.105. The van der Waals surface area contributed by atoms with E-state index in [-0.39, 0.29) is 10.9 Å². The van der Waals surface area contributed by atoms with Crippen molar-refractivity contribution in [2.45, 2.75) is 6.18 Å². The number of thioether (sulfide) groups is 1. The number of para-hydroxylation sites is 1. The summed E-state index contributed by atoms with van der Waals surface area (Å²) in [7, 11) is 1.87. The number of halogens is 3. The Morgan fingerprint density at radius 2 is 1.96 bits per heavy atom. The molecule has 28 heavy (non-hydrogen) atoms. The summed E-state index contributed by atoms with van der Waals surface area (Å²) in [5, 5.41) is 2.72. The van der Waals surface area contributed by atoms with E-state index in [9.17, 15) is 18.0 Å². The molecule has 0 fully saturated rings. The van der Waals surface area contributed by atoms with Crippen LogP contribution in [0.25, 0.3) is 17.1 Å². The van der Waals surface area contributed by atoms with Crippen molar-refractivity contribution in [1.29, 1.82) is 0 Å². The molecule has 2 heterocycles.